The number of carbonyl (C=O) groups is 4. The fourth-order valence-electron chi connectivity index (χ4n) is 10.4. The molecule has 4 saturated heterocycles. The minimum absolute atomic E-state index is 0.0416. The van der Waals surface area contributed by atoms with Crippen LogP contribution in [-0.2, 0) is 54.2 Å². The molecule has 63 heavy (non-hydrogen) atoms. The molecular weight excluding hydrogens is 811 g/mol. The second kappa shape index (κ2) is 20.0. The number of amides is 2. The summed E-state index contributed by atoms with van der Waals surface area (Å²) in [6, 6.07) is 4.41. The van der Waals surface area contributed by atoms with E-state index in [9.17, 15) is 24.6 Å². The van der Waals surface area contributed by atoms with Gasteiger partial charge >= 0.3 is 11.9 Å². The lowest BCUT2D eigenvalue weighted by Gasteiger charge is -2.49. The molecule has 6 aliphatic rings. The quantitative estimate of drug-likeness (QED) is 0.0719. The highest BCUT2D eigenvalue weighted by molar-refractivity contribution is 5.96. The van der Waals surface area contributed by atoms with Crippen LogP contribution in [0.1, 0.15) is 143 Å². The van der Waals surface area contributed by atoms with Crippen molar-refractivity contribution in [2.45, 2.75) is 210 Å². The van der Waals surface area contributed by atoms with Crippen LogP contribution in [0, 0.1) is 11.3 Å². The van der Waals surface area contributed by atoms with Crippen molar-refractivity contribution >= 4 is 29.8 Å². The molecule has 15 heteroatoms. The maximum absolute atomic E-state index is 15.2. The highest BCUT2D eigenvalue weighted by Crippen LogP contribution is 2.58. The SMILES string of the molecule is CCCCCC1(CCCCC)OC2C3CC4(C(=O)NC(C(=O)NC(CO)CCC(=O)OC(C)(C)C)C(C)O)C(ON(Cc5cccc(C=CC6CCC7OC7C6)c5)C4C(=O)O3)C2O1. The topological polar surface area (TPSA) is 195 Å². The molecule has 4 heterocycles. The van der Waals surface area contributed by atoms with Crippen LogP contribution in [0.5, 0.6) is 0 Å². The number of aliphatic hydroxyl groups is 2. The van der Waals surface area contributed by atoms with Crippen molar-refractivity contribution in [2.75, 3.05) is 6.61 Å². The molecular formula is C48H71N3O12. The summed E-state index contributed by atoms with van der Waals surface area (Å²) in [6.45, 7) is 10.6. The Labute approximate surface area is 372 Å². The molecule has 12 unspecified atom stereocenters. The maximum Gasteiger partial charge on any atom is 0.327 e. The zero-order valence-electron chi connectivity index (χ0n) is 38.1. The van der Waals surface area contributed by atoms with E-state index in [4.69, 9.17) is 28.5 Å². The molecule has 15 nitrogen and oxygen atoms in total. The third-order valence-corrected chi connectivity index (χ3v) is 13.6. The molecule has 2 saturated carbocycles. The fraction of sp³-hybridized carbons (Fsp3) is 0.750. The smallest absolute Gasteiger partial charge is 0.327 e. The van der Waals surface area contributed by atoms with E-state index in [1.807, 2.05) is 24.3 Å². The van der Waals surface area contributed by atoms with Crippen molar-refractivity contribution in [1.82, 2.24) is 15.7 Å². The van der Waals surface area contributed by atoms with Gasteiger partial charge in [0.15, 0.2) is 11.8 Å². The van der Waals surface area contributed by atoms with Crippen molar-refractivity contribution in [3.8, 4) is 0 Å². The van der Waals surface area contributed by atoms with Crippen molar-refractivity contribution in [3.63, 3.8) is 0 Å². The Hall–Kier alpha value is -3.44. The first-order chi connectivity index (χ1) is 30.1. The van der Waals surface area contributed by atoms with Gasteiger partial charge in [0, 0.05) is 25.7 Å². The van der Waals surface area contributed by atoms with Gasteiger partial charge in [-0.1, -0.05) is 75.9 Å². The van der Waals surface area contributed by atoms with E-state index in [1.54, 1.807) is 20.8 Å². The second-order valence-corrected chi connectivity index (χ2v) is 19.8. The lowest BCUT2D eigenvalue weighted by molar-refractivity contribution is -0.224. The Balaban J connectivity index is 1.16. The van der Waals surface area contributed by atoms with E-state index >= 15 is 4.79 Å². The standard InChI is InChI=1S/C48H71N3O12/c1-7-9-11-22-47(23-12-10-8-2)61-39-36-26-48(45(57)50-38(29(3)53)43(55)49-33(28-52)19-21-37(54)60-46(4,5)6)41(44(56)59-36)51(63-42(48)40(39)62-47)27-32-15-13-14-30(24-32)16-17-31-18-20-34-35(25-31)58-34/h13-17,24,29,31,33-36,38-42,52-53H,7-12,18-23,25-28H2,1-6H3,(H,49,55)(H,50,57). The number of hydroxylamine groups is 2. The number of carbonyl (C=O) groups excluding carboxylic acids is 4. The van der Waals surface area contributed by atoms with Gasteiger partial charge < -0.3 is 44.5 Å². The van der Waals surface area contributed by atoms with Crippen LogP contribution < -0.4 is 10.6 Å². The summed E-state index contributed by atoms with van der Waals surface area (Å²) in [4.78, 5) is 62.8. The number of hydrogen-bond acceptors (Lipinski definition) is 13. The summed E-state index contributed by atoms with van der Waals surface area (Å²) in [5.74, 6) is -3.08. The molecule has 350 valence electrons. The van der Waals surface area contributed by atoms with E-state index in [-0.39, 0.29) is 25.8 Å². The Kier molecular flexibility index (Phi) is 15.1. The number of ether oxygens (including phenoxy) is 5. The van der Waals surface area contributed by atoms with Crippen LogP contribution in [0.3, 0.4) is 0 Å². The van der Waals surface area contributed by atoms with Crippen LogP contribution in [0.15, 0.2) is 30.3 Å². The normalized spacial score (nSPS) is 32.0. The maximum atomic E-state index is 15.2. The van der Waals surface area contributed by atoms with E-state index in [2.05, 4.69) is 36.6 Å². The third-order valence-electron chi connectivity index (χ3n) is 13.6. The Morgan fingerprint density at radius 2 is 1.73 bits per heavy atom. The second-order valence-electron chi connectivity index (χ2n) is 19.8. The van der Waals surface area contributed by atoms with Crippen molar-refractivity contribution in [2.24, 2.45) is 11.3 Å². The first kappa shape index (κ1) is 47.5. The number of nitrogens with zero attached hydrogens (tertiary/aromatic N) is 1. The fourth-order valence-corrected chi connectivity index (χ4v) is 10.4. The van der Waals surface area contributed by atoms with Gasteiger partial charge in [0.1, 0.15) is 41.5 Å². The van der Waals surface area contributed by atoms with E-state index in [0.717, 1.165) is 68.9 Å². The van der Waals surface area contributed by atoms with Gasteiger partial charge in [-0.15, -0.1) is 0 Å². The molecule has 2 amide bonds. The number of rotatable bonds is 21. The number of epoxide rings is 1. The van der Waals surface area contributed by atoms with Crippen LogP contribution in [0.4, 0.5) is 0 Å². The molecule has 0 aromatic heterocycles. The molecule has 7 rings (SSSR count). The van der Waals surface area contributed by atoms with Gasteiger partial charge in [-0.25, -0.2) is 0 Å². The average molecular weight is 882 g/mol. The van der Waals surface area contributed by atoms with Crippen molar-refractivity contribution in [1.29, 1.82) is 0 Å². The summed E-state index contributed by atoms with van der Waals surface area (Å²) in [7, 11) is 0. The number of benzene rings is 1. The number of aliphatic hydroxyl groups excluding tert-OH is 2. The molecule has 12 atom stereocenters. The van der Waals surface area contributed by atoms with E-state index < -0.39 is 95.8 Å². The highest BCUT2D eigenvalue weighted by Gasteiger charge is 2.76. The molecule has 2 aliphatic carbocycles. The molecule has 0 radical (unpaired) electrons. The van der Waals surface area contributed by atoms with E-state index in [0.29, 0.717) is 31.0 Å². The molecule has 4 aliphatic heterocycles. The number of fused-ring (bicyclic) bond motifs is 5. The highest BCUT2D eigenvalue weighted by atomic mass is 16.8. The predicted molar refractivity (Wildman–Crippen MR) is 231 cm³/mol. The monoisotopic (exact) mass is 882 g/mol. The number of esters is 2. The average Bonchev–Trinajstić information content (AvgIpc) is 3.78. The predicted octanol–water partition coefficient (Wildman–Crippen LogP) is 5.17. The summed E-state index contributed by atoms with van der Waals surface area (Å²) < 4.78 is 31.2. The molecule has 0 spiro atoms. The number of hydrogen-bond donors (Lipinski definition) is 4. The zero-order valence-corrected chi connectivity index (χ0v) is 38.1. The lowest BCUT2D eigenvalue weighted by Crippen LogP contribution is -2.71. The number of allylic oxidation sites excluding steroid dienone is 1. The van der Waals surface area contributed by atoms with Gasteiger partial charge in [0.25, 0.3) is 0 Å². The minimum atomic E-state index is -1.60. The molecule has 6 fully saturated rings. The van der Waals surface area contributed by atoms with E-state index in [1.165, 1.54) is 12.0 Å². The molecule has 2 bridgehead atoms. The number of nitrogens with one attached hydrogen (secondary N) is 2. The summed E-state index contributed by atoms with van der Waals surface area (Å²) in [6.07, 6.45) is 10.7. The van der Waals surface area contributed by atoms with Crippen molar-refractivity contribution < 1.29 is 57.9 Å². The first-order valence-electron chi connectivity index (χ1n) is 23.6. The lowest BCUT2D eigenvalue weighted by atomic mass is 9.62. The first-order valence-corrected chi connectivity index (χ1v) is 23.6. The van der Waals surface area contributed by atoms with Gasteiger partial charge in [-0.05, 0) is 83.3 Å². The van der Waals surface area contributed by atoms with Gasteiger partial charge in [-0.3, -0.25) is 24.0 Å². The van der Waals surface area contributed by atoms with Gasteiger partial charge in [-0.2, -0.15) is 5.06 Å². The summed E-state index contributed by atoms with van der Waals surface area (Å²) >= 11 is 0. The van der Waals surface area contributed by atoms with Gasteiger partial charge in [0.05, 0.1) is 37.5 Å². The van der Waals surface area contributed by atoms with Crippen molar-refractivity contribution in [3.05, 3.63) is 41.5 Å². The third kappa shape index (κ3) is 10.8. The summed E-state index contributed by atoms with van der Waals surface area (Å²) in [5.41, 5.74) is -0.454. The zero-order chi connectivity index (χ0) is 45.1. The Morgan fingerprint density at radius 3 is 2.40 bits per heavy atom. The van der Waals surface area contributed by atoms with Crippen LogP contribution in [-0.4, -0.2) is 118 Å². The number of unbranched alkanes of at least 4 members (excludes halogenated alkanes) is 4. The van der Waals surface area contributed by atoms with Gasteiger partial charge in [0.2, 0.25) is 11.8 Å². The largest absolute Gasteiger partial charge is 0.460 e. The Morgan fingerprint density at radius 1 is 1.00 bits per heavy atom. The minimum Gasteiger partial charge on any atom is -0.460 e. The summed E-state index contributed by atoms with van der Waals surface area (Å²) in [5, 5.41) is 28.2. The molecule has 1 aromatic rings. The van der Waals surface area contributed by atoms with Crippen LogP contribution in [0.25, 0.3) is 6.08 Å². The van der Waals surface area contributed by atoms with Crippen LogP contribution in [0.2, 0.25) is 0 Å². The van der Waals surface area contributed by atoms with Crippen LogP contribution >= 0.6 is 0 Å². The molecule has 1 aromatic carbocycles. The Bertz CT molecular complexity index is 1810. The molecule has 4 N–H and O–H groups in total.